The van der Waals surface area contributed by atoms with Crippen molar-refractivity contribution in [2.24, 2.45) is 5.92 Å². The van der Waals surface area contributed by atoms with Crippen LogP contribution in [0, 0.1) is 23.4 Å². The summed E-state index contributed by atoms with van der Waals surface area (Å²) in [5.41, 5.74) is -0.666. The van der Waals surface area contributed by atoms with E-state index in [0.29, 0.717) is 25.3 Å². The SMILES string of the molecule is C[C@@H]1C[C@@]2(COCC(=O)N2)[C@H](Cc2cccc(-c3cc(F)cc(F)c3)c2F)N1C(=O)C1CCC1F.[HH]. The van der Waals surface area contributed by atoms with Crippen LogP contribution in [-0.4, -0.2) is 53.7 Å². The third-order valence-electron chi connectivity index (χ3n) is 7.52. The fourth-order valence-electron chi connectivity index (χ4n) is 5.77. The second kappa shape index (κ2) is 8.93. The molecule has 2 aliphatic heterocycles. The number of carbonyl (C=O) groups is 2. The number of likely N-dealkylation sites (tertiary alicyclic amines) is 1. The Morgan fingerprint density at radius 2 is 1.94 bits per heavy atom. The maximum Gasteiger partial charge on any atom is 0.246 e. The lowest BCUT2D eigenvalue weighted by atomic mass is 9.81. The van der Waals surface area contributed by atoms with Crippen molar-refractivity contribution in [2.45, 2.75) is 56.4 Å². The van der Waals surface area contributed by atoms with Gasteiger partial charge in [0.05, 0.1) is 24.1 Å². The van der Waals surface area contributed by atoms with Crippen molar-refractivity contribution < 1.29 is 33.3 Å². The normalized spacial score (nSPS) is 30.3. The number of carbonyl (C=O) groups excluding carboxylic acids is 2. The van der Waals surface area contributed by atoms with Crippen molar-refractivity contribution in [1.29, 1.82) is 0 Å². The van der Waals surface area contributed by atoms with Crippen molar-refractivity contribution in [3.05, 3.63) is 59.4 Å². The van der Waals surface area contributed by atoms with Crippen molar-refractivity contribution >= 4 is 11.8 Å². The molecule has 0 radical (unpaired) electrons. The minimum atomic E-state index is -1.22. The Hall–Kier alpha value is -2.94. The number of morpholine rings is 1. The van der Waals surface area contributed by atoms with E-state index in [1.807, 2.05) is 6.92 Å². The average molecular weight is 493 g/mol. The van der Waals surface area contributed by atoms with Crippen LogP contribution in [0.2, 0.25) is 0 Å². The molecule has 0 bridgehead atoms. The highest BCUT2D eigenvalue weighted by atomic mass is 19.1. The number of benzene rings is 2. The van der Waals surface area contributed by atoms with Crippen LogP contribution in [0.15, 0.2) is 36.4 Å². The first kappa shape index (κ1) is 23.8. The van der Waals surface area contributed by atoms with E-state index >= 15 is 4.39 Å². The largest absolute Gasteiger partial charge is 0.369 e. The van der Waals surface area contributed by atoms with Crippen LogP contribution in [0.5, 0.6) is 0 Å². The number of hydrogen-bond acceptors (Lipinski definition) is 3. The van der Waals surface area contributed by atoms with Crippen LogP contribution in [-0.2, 0) is 20.7 Å². The van der Waals surface area contributed by atoms with E-state index in [2.05, 4.69) is 5.32 Å². The van der Waals surface area contributed by atoms with Gasteiger partial charge in [-0.1, -0.05) is 18.2 Å². The number of ether oxygens (including phenoxy) is 1. The second-order valence-electron chi connectivity index (χ2n) is 9.85. The smallest absolute Gasteiger partial charge is 0.246 e. The Morgan fingerprint density at radius 3 is 2.57 bits per heavy atom. The number of nitrogens with one attached hydrogen (secondary N) is 1. The van der Waals surface area contributed by atoms with E-state index in [-0.39, 0.29) is 55.6 Å². The molecular weight excluding hydrogens is 464 g/mol. The van der Waals surface area contributed by atoms with Crippen molar-refractivity contribution in [3.8, 4) is 11.1 Å². The minimum absolute atomic E-state index is 0. The molecule has 1 spiro atoms. The third-order valence-corrected chi connectivity index (χ3v) is 7.52. The van der Waals surface area contributed by atoms with Gasteiger partial charge in [-0.2, -0.15) is 0 Å². The van der Waals surface area contributed by atoms with Crippen LogP contribution < -0.4 is 5.32 Å². The molecule has 2 saturated heterocycles. The van der Waals surface area contributed by atoms with Gasteiger partial charge < -0.3 is 15.0 Å². The maximum atomic E-state index is 15.7. The highest BCUT2D eigenvalue weighted by Gasteiger charge is 2.56. The zero-order valence-electron chi connectivity index (χ0n) is 19.2. The number of amides is 2. The summed E-state index contributed by atoms with van der Waals surface area (Å²) < 4.78 is 63.0. The molecular formula is C26H28F4N2O3. The summed E-state index contributed by atoms with van der Waals surface area (Å²) in [4.78, 5) is 27.2. The average Bonchev–Trinajstić information content (AvgIpc) is 3.03. The lowest BCUT2D eigenvalue weighted by Gasteiger charge is -2.43. The summed E-state index contributed by atoms with van der Waals surface area (Å²) in [6, 6.07) is 6.34. The van der Waals surface area contributed by atoms with E-state index in [1.54, 1.807) is 17.0 Å². The molecule has 5 rings (SSSR count). The fourth-order valence-corrected chi connectivity index (χ4v) is 5.77. The molecule has 2 unspecified atom stereocenters. The van der Waals surface area contributed by atoms with Crippen molar-refractivity contribution in [1.82, 2.24) is 10.2 Å². The number of alkyl halides is 1. The van der Waals surface area contributed by atoms with Gasteiger partial charge in [0.2, 0.25) is 11.8 Å². The summed E-state index contributed by atoms with van der Waals surface area (Å²) >= 11 is 0. The molecule has 35 heavy (non-hydrogen) atoms. The number of halogens is 4. The first-order chi connectivity index (χ1) is 16.7. The molecule has 5 atom stereocenters. The van der Waals surface area contributed by atoms with Crippen molar-refractivity contribution in [2.75, 3.05) is 13.2 Å². The third kappa shape index (κ3) is 4.20. The van der Waals surface area contributed by atoms with Gasteiger partial charge in [-0.3, -0.25) is 9.59 Å². The zero-order chi connectivity index (χ0) is 24.9. The number of hydrogen-bond donors (Lipinski definition) is 1. The summed E-state index contributed by atoms with van der Waals surface area (Å²) in [5.74, 6) is -3.75. The molecule has 9 heteroatoms. The van der Waals surface area contributed by atoms with Gasteiger partial charge in [0, 0.05) is 19.1 Å². The summed E-state index contributed by atoms with van der Waals surface area (Å²) in [6.07, 6.45) is -0.0431. The molecule has 2 amide bonds. The Bertz CT molecular complexity index is 1160. The van der Waals surface area contributed by atoms with E-state index in [4.69, 9.17) is 4.74 Å². The number of rotatable bonds is 4. The molecule has 3 fully saturated rings. The van der Waals surface area contributed by atoms with Gasteiger partial charge in [0.15, 0.2) is 0 Å². The molecule has 3 aliphatic rings. The zero-order valence-corrected chi connectivity index (χ0v) is 19.2. The van der Waals surface area contributed by atoms with Crippen molar-refractivity contribution in [3.63, 3.8) is 0 Å². The van der Waals surface area contributed by atoms with Gasteiger partial charge in [-0.25, -0.2) is 17.6 Å². The highest BCUT2D eigenvalue weighted by molar-refractivity contribution is 5.83. The standard InChI is InChI=1S/C26H26F4N2O3.H2/c1-14-11-26(13-35-12-23(33)31-26)22(32(14)25(34)20-5-6-21(20)29)9-15-3-2-4-19(24(15)30)16-7-17(27)10-18(28)8-16;/h2-4,7-8,10,14,20-22H,5-6,9,11-13H2,1H3,(H,31,33);1H/t14-,20?,21?,22+,26-;/m1./s1. The van der Waals surface area contributed by atoms with E-state index in [9.17, 15) is 22.8 Å². The van der Waals surface area contributed by atoms with Crippen LogP contribution >= 0.6 is 0 Å². The predicted octanol–water partition coefficient (Wildman–Crippen LogP) is 4.18. The Balaban J connectivity index is 0.00000304. The van der Waals surface area contributed by atoms with Gasteiger partial charge in [0.25, 0.3) is 0 Å². The Labute approximate surface area is 201 Å². The van der Waals surface area contributed by atoms with E-state index < -0.39 is 41.1 Å². The molecule has 2 aromatic carbocycles. The molecule has 2 aromatic rings. The van der Waals surface area contributed by atoms with Gasteiger partial charge >= 0.3 is 0 Å². The van der Waals surface area contributed by atoms with Gasteiger partial charge in [-0.15, -0.1) is 0 Å². The summed E-state index contributed by atoms with van der Waals surface area (Å²) in [7, 11) is 0. The molecule has 1 N–H and O–H groups in total. The first-order valence-electron chi connectivity index (χ1n) is 11.8. The lowest BCUT2D eigenvalue weighted by Crippen LogP contribution is -2.65. The van der Waals surface area contributed by atoms with Crippen LogP contribution in [0.3, 0.4) is 0 Å². The lowest BCUT2D eigenvalue weighted by molar-refractivity contribution is -0.148. The van der Waals surface area contributed by atoms with Crippen LogP contribution in [0.4, 0.5) is 17.6 Å². The summed E-state index contributed by atoms with van der Waals surface area (Å²) in [6.45, 7) is 1.85. The maximum absolute atomic E-state index is 15.7. The molecule has 0 aromatic heterocycles. The topological polar surface area (TPSA) is 58.6 Å². The monoisotopic (exact) mass is 492 g/mol. The highest BCUT2D eigenvalue weighted by Crippen LogP contribution is 2.42. The molecule has 2 heterocycles. The number of nitrogens with zero attached hydrogens (tertiary/aromatic N) is 1. The van der Waals surface area contributed by atoms with E-state index in [0.717, 1.165) is 12.1 Å². The van der Waals surface area contributed by atoms with Crippen LogP contribution in [0.25, 0.3) is 11.1 Å². The minimum Gasteiger partial charge on any atom is -0.369 e. The quantitative estimate of drug-likeness (QED) is 0.652. The second-order valence-corrected chi connectivity index (χ2v) is 9.85. The first-order valence-corrected chi connectivity index (χ1v) is 11.8. The summed E-state index contributed by atoms with van der Waals surface area (Å²) in [5, 5.41) is 2.97. The van der Waals surface area contributed by atoms with Crippen LogP contribution in [0.1, 0.15) is 33.2 Å². The molecule has 1 aliphatic carbocycles. The molecule has 188 valence electrons. The molecule has 1 saturated carbocycles. The van der Waals surface area contributed by atoms with Gasteiger partial charge in [-0.05, 0) is 55.9 Å². The molecule has 5 nitrogen and oxygen atoms in total. The fraction of sp³-hybridized carbons (Fsp3) is 0.462. The van der Waals surface area contributed by atoms with E-state index in [1.165, 1.54) is 6.07 Å². The van der Waals surface area contributed by atoms with Gasteiger partial charge in [0.1, 0.15) is 30.2 Å². The predicted molar refractivity (Wildman–Crippen MR) is 122 cm³/mol. The Kier molecular flexibility index (Phi) is 6.07. The Morgan fingerprint density at radius 1 is 1.20 bits per heavy atom.